The predicted molar refractivity (Wildman–Crippen MR) is 75.4 cm³/mol. The van der Waals surface area contributed by atoms with Gasteiger partial charge in [0.15, 0.2) is 0 Å². The molecule has 2 rings (SSSR count). The predicted octanol–water partition coefficient (Wildman–Crippen LogP) is 3.15. The molecule has 6 heteroatoms. The van der Waals surface area contributed by atoms with Gasteiger partial charge < -0.3 is 10.4 Å². The van der Waals surface area contributed by atoms with Gasteiger partial charge in [0.05, 0.1) is 11.1 Å². The number of hydrogen-bond acceptors (Lipinski definition) is 4. The second kappa shape index (κ2) is 5.38. The molecule has 0 aromatic carbocycles. The van der Waals surface area contributed by atoms with E-state index in [1.165, 1.54) is 0 Å². The van der Waals surface area contributed by atoms with Crippen molar-refractivity contribution in [1.82, 2.24) is 9.97 Å². The molecule has 0 bridgehead atoms. The lowest BCUT2D eigenvalue weighted by molar-refractivity contribution is 0.176. The number of nitrogens with zero attached hydrogens (tertiary/aromatic N) is 2. The summed E-state index contributed by atoms with van der Waals surface area (Å²) in [6.07, 6.45) is 8.29. The summed E-state index contributed by atoms with van der Waals surface area (Å²) in [6, 6.07) is 0. The highest BCUT2D eigenvalue weighted by Gasteiger charge is 2.29. The Morgan fingerprint density at radius 2 is 2.39 bits per heavy atom. The summed E-state index contributed by atoms with van der Waals surface area (Å²) in [5.41, 5.74) is 0.578. The first-order chi connectivity index (χ1) is 8.55. The van der Waals surface area contributed by atoms with E-state index in [0.717, 1.165) is 16.6 Å². The quantitative estimate of drug-likeness (QED) is 0.836. The normalized spacial score (nSPS) is 22.8. The molecule has 1 unspecified atom stereocenters. The fourth-order valence-corrected chi connectivity index (χ4v) is 2.13. The van der Waals surface area contributed by atoms with Crippen LogP contribution in [0.2, 0.25) is 5.28 Å². The lowest BCUT2D eigenvalue weighted by Gasteiger charge is -2.31. The number of rotatable bonds is 3. The summed E-state index contributed by atoms with van der Waals surface area (Å²) in [6.45, 7) is 2.05. The number of aliphatic hydroxyl groups is 1. The second-order valence-corrected chi connectivity index (χ2v) is 5.58. The van der Waals surface area contributed by atoms with Crippen molar-refractivity contribution in [2.45, 2.75) is 13.3 Å². The molecular weight excluding hydrogens is 318 g/mol. The smallest absolute Gasteiger partial charge is 0.224 e. The number of aliphatic hydroxyl groups excluding tert-OH is 1. The summed E-state index contributed by atoms with van der Waals surface area (Å²) in [7, 11) is 0. The van der Waals surface area contributed by atoms with Crippen LogP contribution in [0.1, 0.15) is 13.3 Å². The van der Waals surface area contributed by atoms with Crippen LogP contribution >= 0.6 is 27.5 Å². The number of hydrogen-bond donors (Lipinski definition) is 2. The Kier molecular flexibility index (Phi) is 4.04. The Labute approximate surface area is 119 Å². The average molecular weight is 331 g/mol. The number of aromatic nitrogens is 2. The van der Waals surface area contributed by atoms with Crippen LogP contribution in [-0.4, -0.2) is 21.7 Å². The highest BCUT2D eigenvalue weighted by molar-refractivity contribution is 9.10. The molecule has 0 saturated heterocycles. The lowest BCUT2D eigenvalue weighted by atomic mass is 9.81. The maximum Gasteiger partial charge on any atom is 0.224 e. The highest BCUT2D eigenvalue weighted by atomic mass is 79.9. The first-order valence-electron chi connectivity index (χ1n) is 5.48. The van der Waals surface area contributed by atoms with E-state index in [9.17, 15) is 5.11 Å². The zero-order chi connectivity index (χ0) is 13.2. The molecule has 1 heterocycles. The summed E-state index contributed by atoms with van der Waals surface area (Å²) >= 11 is 9.14. The van der Waals surface area contributed by atoms with Crippen molar-refractivity contribution in [3.8, 4) is 0 Å². The van der Waals surface area contributed by atoms with E-state index >= 15 is 0 Å². The molecule has 1 aromatic heterocycles. The Morgan fingerprint density at radius 3 is 3.11 bits per heavy atom. The van der Waals surface area contributed by atoms with Gasteiger partial charge >= 0.3 is 0 Å². The molecule has 96 valence electrons. The maximum absolute atomic E-state index is 9.54. The SMILES string of the molecule is CC1(CO)CC=CC=C1Nc1nc(Cl)ncc1Br. The van der Waals surface area contributed by atoms with Crippen molar-refractivity contribution >= 4 is 33.3 Å². The van der Waals surface area contributed by atoms with Crippen LogP contribution in [0.5, 0.6) is 0 Å². The van der Waals surface area contributed by atoms with E-state index in [2.05, 4.69) is 31.2 Å². The number of allylic oxidation sites excluding steroid dienone is 3. The topological polar surface area (TPSA) is 58.0 Å². The number of nitrogens with one attached hydrogen (secondary N) is 1. The minimum atomic E-state index is -0.328. The fraction of sp³-hybridized carbons (Fsp3) is 0.333. The van der Waals surface area contributed by atoms with Gasteiger partial charge in [-0.15, -0.1) is 0 Å². The van der Waals surface area contributed by atoms with Crippen molar-refractivity contribution < 1.29 is 5.11 Å². The zero-order valence-electron chi connectivity index (χ0n) is 9.82. The first-order valence-corrected chi connectivity index (χ1v) is 6.65. The van der Waals surface area contributed by atoms with Crippen molar-refractivity contribution in [2.75, 3.05) is 11.9 Å². The van der Waals surface area contributed by atoms with E-state index in [1.54, 1.807) is 6.20 Å². The highest BCUT2D eigenvalue weighted by Crippen LogP contribution is 2.35. The number of halogens is 2. The van der Waals surface area contributed by atoms with E-state index < -0.39 is 0 Å². The van der Waals surface area contributed by atoms with E-state index in [1.807, 2.05) is 25.2 Å². The van der Waals surface area contributed by atoms with Gasteiger partial charge in [0, 0.05) is 17.3 Å². The molecule has 0 spiro atoms. The standard InChI is InChI=1S/C12H13BrClN3O/c1-12(7-18)5-3-2-4-9(12)16-10-8(13)6-15-11(14)17-10/h2-4,6,18H,5,7H2,1H3,(H,15,16,17). The van der Waals surface area contributed by atoms with E-state index in [0.29, 0.717) is 5.82 Å². The molecule has 0 saturated carbocycles. The third-order valence-corrected chi connectivity index (χ3v) is 3.70. The molecule has 2 N–H and O–H groups in total. The number of anilines is 1. The summed E-state index contributed by atoms with van der Waals surface area (Å²) in [5, 5.41) is 12.9. The largest absolute Gasteiger partial charge is 0.395 e. The van der Waals surface area contributed by atoms with Crippen molar-refractivity contribution in [3.63, 3.8) is 0 Å². The Bertz CT molecular complexity index is 518. The van der Waals surface area contributed by atoms with Gasteiger partial charge in [-0.3, -0.25) is 0 Å². The molecule has 1 atom stereocenters. The van der Waals surface area contributed by atoms with Gasteiger partial charge in [0.2, 0.25) is 5.28 Å². The third kappa shape index (κ3) is 2.74. The average Bonchev–Trinajstić information content (AvgIpc) is 2.36. The molecule has 0 fully saturated rings. The third-order valence-electron chi connectivity index (χ3n) is 2.93. The van der Waals surface area contributed by atoms with Crippen molar-refractivity contribution in [2.24, 2.45) is 5.41 Å². The van der Waals surface area contributed by atoms with Crippen LogP contribution < -0.4 is 5.32 Å². The molecular formula is C12H13BrClN3O. The fourth-order valence-electron chi connectivity index (χ4n) is 1.71. The Morgan fingerprint density at radius 1 is 1.61 bits per heavy atom. The van der Waals surface area contributed by atoms with E-state index in [-0.39, 0.29) is 17.3 Å². The zero-order valence-corrected chi connectivity index (χ0v) is 12.2. The van der Waals surface area contributed by atoms with Gasteiger partial charge in [0.1, 0.15) is 5.82 Å². The van der Waals surface area contributed by atoms with Gasteiger partial charge in [0.25, 0.3) is 0 Å². The van der Waals surface area contributed by atoms with Gasteiger partial charge in [-0.25, -0.2) is 4.98 Å². The van der Waals surface area contributed by atoms with Gasteiger partial charge in [-0.1, -0.05) is 19.1 Å². The monoisotopic (exact) mass is 329 g/mol. The summed E-state index contributed by atoms with van der Waals surface area (Å²) in [5.74, 6) is 0.594. The van der Waals surface area contributed by atoms with Gasteiger partial charge in [-0.05, 0) is 40.0 Å². The molecule has 18 heavy (non-hydrogen) atoms. The van der Waals surface area contributed by atoms with Crippen LogP contribution in [0.25, 0.3) is 0 Å². The van der Waals surface area contributed by atoms with E-state index in [4.69, 9.17) is 11.6 Å². The maximum atomic E-state index is 9.54. The molecule has 1 aliphatic carbocycles. The first kappa shape index (κ1) is 13.5. The summed E-state index contributed by atoms with van der Waals surface area (Å²) < 4.78 is 0.725. The van der Waals surface area contributed by atoms with Crippen LogP contribution in [-0.2, 0) is 0 Å². The van der Waals surface area contributed by atoms with Crippen LogP contribution in [0, 0.1) is 5.41 Å². The molecule has 0 amide bonds. The Hall–Kier alpha value is -0.910. The molecule has 1 aliphatic rings. The van der Waals surface area contributed by atoms with Gasteiger partial charge in [-0.2, -0.15) is 4.98 Å². The minimum Gasteiger partial charge on any atom is -0.395 e. The Balaban J connectivity index is 2.30. The minimum absolute atomic E-state index is 0.0621. The van der Waals surface area contributed by atoms with Crippen LogP contribution in [0.3, 0.4) is 0 Å². The second-order valence-electron chi connectivity index (χ2n) is 4.39. The van der Waals surface area contributed by atoms with Crippen LogP contribution in [0.4, 0.5) is 5.82 Å². The molecule has 0 radical (unpaired) electrons. The molecule has 0 aliphatic heterocycles. The molecule has 1 aromatic rings. The van der Waals surface area contributed by atoms with Crippen LogP contribution in [0.15, 0.2) is 34.6 Å². The lowest BCUT2D eigenvalue weighted by Crippen LogP contribution is -2.29. The molecule has 4 nitrogen and oxygen atoms in total. The van der Waals surface area contributed by atoms with Crippen molar-refractivity contribution in [1.29, 1.82) is 0 Å². The summed E-state index contributed by atoms with van der Waals surface area (Å²) in [4.78, 5) is 7.99. The van der Waals surface area contributed by atoms with Crippen molar-refractivity contribution in [3.05, 3.63) is 39.9 Å².